The van der Waals surface area contributed by atoms with Crippen LogP contribution in [0, 0.1) is 6.92 Å². The van der Waals surface area contributed by atoms with Crippen LogP contribution in [0.3, 0.4) is 0 Å². The van der Waals surface area contributed by atoms with Crippen LogP contribution >= 0.6 is 23.2 Å². The molecule has 1 aromatic carbocycles. The molecule has 0 aliphatic rings. The predicted octanol–water partition coefficient (Wildman–Crippen LogP) is 3.43. The van der Waals surface area contributed by atoms with Crippen LogP contribution in [-0.4, -0.2) is 34.9 Å². The summed E-state index contributed by atoms with van der Waals surface area (Å²) in [5.74, 6) is -1.68. The number of nitrogens with zero attached hydrogens (tertiary/aromatic N) is 2. The molecule has 1 amide bonds. The number of hydrogen-bond donors (Lipinski definition) is 1. The van der Waals surface area contributed by atoms with Crippen molar-refractivity contribution in [2.45, 2.75) is 13.5 Å². The number of hydrogen-bond acceptors (Lipinski definition) is 5. The van der Waals surface area contributed by atoms with Gasteiger partial charge in [0.15, 0.2) is 6.61 Å². The third kappa shape index (κ3) is 4.83. The summed E-state index contributed by atoms with van der Waals surface area (Å²) >= 11 is 11.7. The minimum absolute atomic E-state index is 0.0681. The summed E-state index contributed by atoms with van der Waals surface area (Å²) in [4.78, 5) is 23.9. The number of ether oxygens (including phenoxy) is 2. The molecule has 0 aliphatic heterocycles. The normalized spacial score (nSPS) is 10.7. The number of alkyl halides is 2. The number of carbonyl (C=O) groups is 2. The van der Waals surface area contributed by atoms with E-state index in [1.54, 1.807) is 14.0 Å². The first-order valence-corrected chi connectivity index (χ1v) is 7.85. The lowest BCUT2D eigenvalue weighted by Crippen LogP contribution is -2.21. The van der Waals surface area contributed by atoms with Gasteiger partial charge in [-0.05, 0) is 25.1 Å². The molecule has 0 spiro atoms. The lowest BCUT2D eigenvalue weighted by Gasteiger charge is -2.10. The Bertz CT molecular complexity index is 843. The number of amides is 1. The summed E-state index contributed by atoms with van der Waals surface area (Å²) in [5.41, 5.74) is 0.649. The van der Waals surface area contributed by atoms with Gasteiger partial charge in [0, 0.05) is 12.7 Å². The molecule has 2 aromatic rings. The maximum Gasteiger partial charge on any atom is 0.387 e. The zero-order valence-corrected chi connectivity index (χ0v) is 15.1. The van der Waals surface area contributed by atoms with Gasteiger partial charge in [-0.1, -0.05) is 23.2 Å². The van der Waals surface area contributed by atoms with E-state index >= 15 is 0 Å². The van der Waals surface area contributed by atoms with Crippen LogP contribution in [0.25, 0.3) is 0 Å². The number of carbonyl (C=O) groups excluding carboxylic acids is 2. The Morgan fingerprint density at radius 3 is 2.58 bits per heavy atom. The fourth-order valence-electron chi connectivity index (χ4n) is 2.03. The maximum atomic E-state index is 12.2. The number of esters is 1. The molecule has 7 nitrogen and oxygen atoms in total. The van der Waals surface area contributed by atoms with Crippen molar-refractivity contribution in [2.24, 2.45) is 7.05 Å². The highest BCUT2D eigenvalue weighted by atomic mass is 35.5. The summed E-state index contributed by atoms with van der Waals surface area (Å²) in [6, 6.07) is 3.71. The average molecular weight is 408 g/mol. The largest absolute Gasteiger partial charge is 0.452 e. The Morgan fingerprint density at radius 2 is 2.04 bits per heavy atom. The molecule has 0 fully saturated rings. The molecule has 26 heavy (non-hydrogen) atoms. The van der Waals surface area contributed by atoms with Gasteiger partial charge in [0.1, 0.15) is 16.5 Å². The van der Waals surface area contributed by atoms with E-state index in [9.17, 15) is 18.4 Å². The lowest BCUT2D eigenvalue weighted by molar-refractivity contribution is -0.119. The molecule has 0 bridgehead atoms. The smallest absolute Gasteiger partial charge is 0.387 e. The van der Waals surface area contributed by atoms with Crippen molar-refractivity contribution in [2.75, 3.05) is 11.9 Å². The molecule has 1 aromatic heterocycles. The van der Waals surface area contributed by atoms with Crippen LogP contribution in [-0.2, 0) is 16.6 Å². The quantitative estimate of drug-likeness (QED) is 0.741. The van der Waals surface area contributed by atoms with E-state index in [4.69, 9.17) is 27.9 Å². The predicted molar refractivity (Wildman–Crippen MR) is 90.0 cm³/mol. The fraction of sp³-hybridized carbons (Fsp3) is 0.267. The number of rotatable bonds is 6. The minimum Gasteiger partial charge on any atom is -0.452 e. The van der Waals surface area contributed by atoms with Gasteiger partial charge in [0.25, 0.3) is 5.91 Å². The molecular weight excluding hydrogens is 395 g/mol. The van der Waals surface area contributed by atoms with E-state index in [-0.39, 0.29) is 27.2 Å². The molecule has 0 atom stereocenters. The fourth-order valence-corrected chi connectivity index (χ4v) is 2.51. The van der Waals surface area contributed by atoms with Crippen LogP contribution < -0.4 is 10.1 Å². The number of halogens is 4. The molecule has 1 heterocycles. The minimum atomic E-state index is -3.02. The lowest BCUT2D eigenvalue weighted by atomic mass is 10.3. The van der Waals surface area contributed by atoms with Crippen LogP contribution in [0.2, 0.25) is 10.2 Å². The van der Waals surface area contributed by atoms with Crippen molar-refractivity contribution in [1.82, 2.24) is 9.78 Å². The van der Waals surface area contributed by atoms with E-state index in [1.165, 1.54) is 22.9 Å². The Balaban J connectivity index is 1.94. The van der Waals surface area contributed by atoms with Gasteiger partial charge in [0.05, 0.1) is 10.7 Å². The molecule has 0 unspecified atom stereocenters. The number of aryl methyl sites for hydroxylation is 2. The van der Waals surface area contributed by atoms with E-state index < -0.39 is 25.1 Å². The Hall–Kier alpha value is -2.39. The highest BCUT2D eigenvalue weighted by Crippen LogP contribution is 2.29. The molecule has 0 aliphatic carbocycles. The Morgan fingerprint density at radius 1 is 1.35 bits per heavy atom. The number of aromatic nitrogens is 2. The Kier molecular flexibility index (Phi) is 6.38. The van der Waals surface area contributed by atoms with Crippen molar-refractivity contribution in [3.63, 3.8) is 0 Å². The number of nitrogens with one attached hydrogen (secondary N) is 1. The van der Waals surface area contributed by atoms with Crippen LogP contribution in [0.4, 0.5) is 14.5 Å². The summed E-state index contributed by atoms with van der Waals surface area (Å²) in [6.07, 6.45) is 0. The van der Waals surface area contributed by atoms with Crippen molar-refractivity contribution in [3.8, 4) is 5.75 Å². The zero-order valence-electron chi connectivity index (χ0n) is 13.6. The van der Waals surface area contributed by atoms with E-state index in [1.807, 2.05) is 0 Å². The topological polar surface area (TPSA) is 82.5 Å². The second kappa shape index (κ2) is 8.33. The summed E-state index contributed by atoms with van der Waals surface area (Å²) in [5, 5.41) is 6.35. The van der Waals surface area contributed by atoms with Crippen molar-refractivity contribution >= 4 is 40.8 Å². The van der Waals surface area contributed by atoms with Crippen LogP contribution in [0.1, 0.15) is 16.1 Å². The van der Waals surface area contributed by atoms with Crippen molar-refractivity contribution < 1.29 is 27.8 Å². The van der Waals surface area contributed by atoms with Gasteiger partial charge < -0.3 is 14.8 Å². The van der Waals surface area contributed by atoms with Crippen molar-refractivity contribution in [3.05, 3.63) is 39.6 Å². The molecule has 0 radical (unpaired) electrons. The monoisotopic (exact) mass is 407 g/mol. The van der Waals surface area contributed by atoms with Gasteiger partial charge in [-0.2, -0.15) is 13.9 Å². The second-order valence-corrected chi connectivity index (χ2v) is 5.79. The van der Waals surface area contributed by atoms with Crippen LogP contribution in [0.5, 0.6) is 5.75 Å². The zero-order chi connectivity index (χ0) is 19.4. The van der Waals surface area contributed by atoms with Gasteiger partial charge >= 0.3 is 12.6 Å². The van der Waals surface area contributed by atoms with E-state index in [0.717, 1.165) is 0 Å². The first-order valence-electron chi connectivity index (χ1n) is 7.09. The third-order valence-corrected chi connectivity index (χ3v) is 3.85. The second-order valence-electron chi connectivity index (χ2n) is 5.02. The molecule has 1 N–H and O–H groups in total. The van der Waals surface area contributed by atoms with Gasteiger partial charge in [-0.15, -0.1) is 0 Å². The van der Waals surface area contributed by atoms with E-state index in [0.29, 0.717) is 5.69 Å². The van der Waals surface area contributed by atoms with E-state index in [2.05, 4.69) is 15.2 Å². The molecule has 0 saturated heterocycles. The molecule has 0 saturated carbocycles. The highest BCUT2D eigenvalue weighted by Gasteiger charge is 2.21. The summed E-state index contributed by atoms with van der Waals surface area (Å²) in [7, 11) is 1.56. The molecule has 2 rings (SSSR count). The van der Waals surface area contributed by atoms with Crippen LogP contribution in [0.15, 0.2) is 18.2 Å². The highest BCUT2D eigenvalue weighted by molar-refractivity contribution is 6.33. The number of anilines is 1. The average Bonchev–Trinajstić information content (AvgIpc) is 2.80. The first kappa shape index (κ1) is 19.9. The molecule has 11 heteroatoms. The van der Waals surface area contributed by atoms with Crippen molar-refractivity contribution in [1.29, 1.82) is 0 Å². The third-order valence-electron chi connectivity index (χ3n) is 3.12. The first-order chi connectivity index (χ1) is 12.2. The van der Waals surface area contributed by atoms with Gasteiger partial charge in [-0.25, -0.2) is 4.79 Å². The molecular formula is C15H13Cl2F2N3O4. The standard InChI is InChI=1S/C15H13Cl2F2N3O4/c1-7-12(13(17)22(2)21-7)14(24)25-6-11(23)20-8-3-4-10(9(16)5-8)26-15(18)19/h3-5,15H,6H2,1-2H3,(H,20,23). The SMILES string of the molecule is Cc1nn(C)c(Cl)c1C(=O)OCC(=O)Nc1ccc(OC(F)F)c(Cl)c1. The van der Waals surface area contributed by atoms with Gasteiger partial charge in [0.2, 0.25) is 0 Å². The maximum absolute atomic E-state index is 12.2. The summed E-state index contributed by atoms with van der Waals surface area (Å²) < 4.78 is 34.7. The molecule has 140 valence electrons. The number of benzene rings is 1. The summed E-state index contributed by atoms with van der Waals surface area (Å²) in [6.45, 7) is -2.03. The Labute approximate surface area is 156 Å². The van der Waals surface area contributed by atoms with Gasteiger partial charge in [-0.3, -0.25) is 9.48 Å².